The van der Waals surface area contributed by atoms with Crippen LogP contribution in [0.4, 0.5) is 10.1 Å². The summed E-state index contributed by atoms with van der Waals surface area (Å²) in [5, 5.41) is 3.72. The first-order chi connectivity index (χ1) is 15.5. The Morgan fingerprint density at radius 3 is 2.53 bits per heavy atom. The van der Waals surface area contributed by atoms with E-state index in [1.54, 1.807) is 6.07 Å². The van der Waals surface area contributed by atoms with Gasteiger partial charge >= 0.3 is 0 Å². The van der Waals surface area contributed by atoms with Gasteiger partial charge in [-0.05, 0) is 48.9 Å². The Labute approximate surface area is 199 Å². The van der Waals surface area contributed by atoms with Gasteiger partial charge in [0.15, 0.2) is 23.0 Å². The van der Waals surface area contributed by atoms with Crippen molar-refractivity contribution in [1.82, 2.24) is 0 Å². The predicted octanol–water partition coefficient (Wildman–Crippen LogP) is 6.60. The molecule has 5 nitrogen and oxygen atoms in total. The Hall–Kier alpha value is -2.64. The highest BCUT2D eigenvalue weighted by Crippen LogP contribution is 2.36. The molecule has 4 rings (SSSR count). The normalized spacial score (nSPS) is 12.4. The Balaban J connectivity index is 1.48. The summed E-state index contributed by atoms with van der Waals surface area (Å²) in [4.78, 5) is 0. The molecule has 1 N–H and O–H groups in total. The standard InChI is InChI=1S/C24H22BrClFNO4/c1-2-29-22-9-16(13-28-18-5-6-21-23(11-18)31-8-7-30-21)19(25)12-24(22)32-14-15-3-4-17(27)10-20(15)26/h3-6,9-12,28H,2,7-8,13-14H2,1H3. The first-order valence-corrected chi connectivity index (χ1v) is 11.4. The predicted molar refractivity (Wildman–Crippen MR) is 126 cm³/mol. The van der Waals surface area contributed by atoms with Gasteiger partial charge in [-0.2, -0.15) is 0 Å². The van der Waals surface area contributed by atoms with Gasteiger partial charge in [0.25, 0.3) is 0 Å². The molecule has 0 spiro atoms. The van der Waals surface area contributed by atoms with Gasteiger partial charge in [-0.1, -0.05) is 33.6 Å². The number of nitrogens with one attached hydrogen (secondary N) is 1. The third kappa shape index (κ3) is 5.40. The zero-order chi connectivity index (χ0) is 22.5. The molecule has 0 unspecified atom stereocenters. The molecule has 168 valence electrons. The molecule has 0 saturated carbocycles. The summed E-state index contributed by atoms with van der Waals surface area (Å²) >= 11 is 9.73. The summed E-state index contributed by atoms with van der Waals surface area (Å²) in [6.45, 7) is 4.27. The lowest BCUT2D eigenvalue weighted by atomic mass is 10.2. The number of halogens is 3. The molecule has 1 heterocycles. The van der Waals surface area contributed by atoms with Gasteiger partial charge in [0.1, 0.15) is 25.6 Å². The van der Waals surface area contributed by atoms with Crippen LogP contribution in [-0.4, -0.2) is 19.8 Å². The molecule has 8 heteroatoms. The van der Waals surface area contributed by atoms with E-state index in [0.717, 1.165) is 27.2 Å². The van der Waals surface area contributed by atoms with Crippen LogP contribution in [0.5, 0.6) is 23.0 Å². The highest BCUT2D eigenvalue weighted by molar-refractivity contribution is 9.10. The average molecular weight is 523 g/mol. The molecule has 0 radical (unpaired) electrons. The topological polar surface area (TPSA) is 49.0 Å². The number of fused-ring (bicyclic) bond motifs is 1. The maximum Gasteiger partial charge on any atom is 0.163 e. The quantitative estimate of drug-likeness (QED) is 0.361. The lowest BCUT2D eigenvalue weighted by Crippen LogP contribution is -2.15. The molecule has 0 fully saturated rings. The van der Waals surface area contributed by atoms with Gasteiger partial charge in [0.2, 0.25) is 0 Å². The molecule has 32 heavy (non-hydrogen) atoms. The molecule has 0 amide bonds. The van der Waals surface area contributed by atoms with Crippen LogP contribution in [0, 0.1) is 5.82 Å². The van der Waals surface area contributed by atoms with Gasteiger partial charge in [-0.3, -0.25) is 0 Å². The summed E-state index contributed by atoms with van der Waals surface area (Å²) in [5.41, 5.74) is 2.61. The van der Waals surface area contributed by atoms with Crippen LogP contribution >= 0.6 is 27.5 Å². The first-order valence-electron chi connectivity index (χ1n) is 10.2. The van der Waals surface area contributed by atoms with Crippen LogP contribution in [0.25, 0.3) is 0 Å². The van der Waals surface area contributed by atoms with E-state index in [9.17, 15) is 4.39 Å². The van der Waals surface area contributed by atoms with Crippen LogP contribution in [-0.2, 0) is 13.2 Å². The maximum atomic E-state index is 13.3. The van der Waals surface area contributed by atoms with Crippen molar-refractivity contribution in [2.75, 3.05) is 25.1 Å². The zero-order valence-corrected chi connectivity index (χ0v) is 19.8. The van der Waals surface area contributed by atoms with E-state index in [0.29, 0.717) is 48.5 Å². The fourth-order valence-corrected chi connectivity index (χ4v) is 3.92. The lowest BCUT2D eigenvalue weighted by molar-refractivity contribution is 0.171. The van der Waals surface area contributed by atoms with E-state index in [4.69, 9.17) is 30.5 Å². The second kappa shape index (κ2) is 10.3. The Morgan fingerprint density at radius 2 is 1.75 bits per heavy atom. The largest absolute Gasteiger partial charge is 0.490 e. The van der Waals surface area contributed by atoms with E-state index < -0.39 is 0 Å². The molecule has 0 bridgehead atoms. The molecular weight excluding hydrogens is 501 g/mol. The number of ether oxygens (including phenoxy) is 4. The number of anilines is 1. The molecule has 0 atom stereocenters. The van der Waals surface area contributed by atoms with E-state index in [2.05, 4.69) is 21.2 Å². The van der Waals surface area contributed by atoms with Crippen LogP contribution in [0.1, 0.15) is 18.1 Å². The Bertz CT molecular complexity index is 1110. The maximum absolute atomic E-state index is 13.3. The average Bonchev–Trinajstić information content (AvgIpc) is 2.79. The van der Waals surface area contributed by atoms with Gasteiger partial charge in [-0.15, -0.1) is 0 Å². The van der Waals surface area contributed by atoms with E-state index in [-0.39, 0.29) is 12.4 Å². The summed E-state index contributed by atoms with van der Waals surface area (Å²) < 4.78 is 37.1. The number of hydrogen-bond acceptors (Lipinski definition) is 5. The minimum Gasteiger partial charge on any atom is -0.490 e. The number of rotatable bonds is 8. The molecule has 1 aliphatic rings. The van der Waals surface area contributed by atoms with Crippen molar-refractivity contribution in [3.8, 4) is 23.0 Å². The van der Waals surface area contributed by atoms with E-state index in [1.807, 2.05) is 37.3 Å². The van der Waals surface area contributed by atoms with Crippen LogP contribution < -0.4 is 24.3 Å². The van der Waals surface area contributed by atoms with Crippen molar-refractivity contribution in [3.63, 3.8) is 0 Å². The minimum atomic E-state index is -0.383. The molecular formula is C24H22BrClFNO4. The van der Waals surface area contributed by atoms with Crippen molar-refractivity contribution < 1.29 is 23.3 Å². The third-order valence-electron chi connectivity index (χ3n) is 4.84. The van der Waals surface area contributed by atoms with Crippen LogP contribution in [0.15, 0.2) is 53.0 Å². The fraction of sp³-hybridized carbons (Fsp3) is 0.250. The second-order valence-corrected chi connectivity index (χ2v) is 8.32. The van der Waals surface area contributed by atoms with E-state index >= 15 is 0 Å². The van der Waals surface area contributed by atoms with Crippen molar-refractivity contribution in [3.05, 3.63) is 75.0 Å². The van der Waals surface area contributed by atoms with Crippen molar-refractivity contribution in [2.24, 2.45) is 0 Å². The second-order valence-electron chi connectivity index (χ2n) is 7.06. The smallest absolute Gasteiger partial charge is 0.163 e. The van der Waals surface area contributed by atoms with Gasteiger partial charge in [-0.25, -0.2) is 4.39 Å². The van der Waals surface area contributed by atoms with Gasteiger partial charge in [0, 0.05) is 28.3 Å². The van der Waals surface area contributed by atoms with Crippen LogP contribution in [0.3, 0.4) is 0 Å². The minimum absolute atomic E-state index is 0.195. The highest BCUT2D eigenvalue weighted by Gasteiger charge is 2.14. The first kappa shape index (κ1) is 22.6. The Morgan fingerprint density at radius 1 is 0.969 bits per heavy atom. The monoisotopic (exact) mass is 521 g/mol. The van der Waals surface area contributed by atoms with Gasteiger partial charge in [0.05, 0.1) is 11.6 Å². The number of benzene rings is 3. The molecule has 3 aromatic carbocycles. The molecule has 0 aliphatic carbocycles. The molecule has 3 aromatic rings. The van der Waals surface area contributed by atoms with Crippen molar-refractivity contribution in [2.45, 2.75) is 20.1 Å². The van der Waals surface area contributed by atoms with Crippen LogP contribution in [0.2, 0.25) is 5.02 Å². The number of hydrogen-bond donors (Lipinski definition) is 1. The van der Waals surface area contributed by atoms with Crippen molar-refractivity contribution >= 4 is 33.2 Å². The summed E-state index contributed by atoms with van der Waals surface area (Å²) in [6.07, 6.45) is 0. The fourth-order valence-electron chi connectivity index (χ4n) is 3.24. The zero-order valence-electron chi connectivity index (χ0n) is 17.4. The van der Waals surface area contributed by atoms with Crippen molar-refractivity contribution in [1.29, 1.82) is 0 Å². The highest BCUT2D eigenvalue weighted by atomic mass is 79.9. The molecule has 0 aromatic heterocycles. The summed E-state index contributed by atoms with van der Waals surface area (Å²) in [5.74, 6) is 2.30. The van der Waals surface area contributed by atoms with E-state index in [1.165, 1.54) is 12.1 Å². The molecule has 1 aliphatic heterocycles. The molecule has 0 saturated heterocycles. The Kier molecular flexibility index (Phi) is 7.27. The summed E-state index contributed by atoms with van der Waals surface area (Å²) in [6, 6.07) is 13.8. The van der Waals surface area contributed by atoms with Gasteiger partial charge < -0.3 is 24.3 Å². The summed E-state index contributed by atoms with van der Waals surface area (Å²) in [7, 11) is 0. The lowest BCUT2D eigenvalue weighted by Gasteiger charge is -2.19. The SMILES string of the molecule is CCOc1cc(CNc2ccc3c(c2)OCCO3)c(Br)cc1OCc1ccc(F)cc1Cl. The third-order valence-corrected chi connectivity index (χ3v) is 5.93.